The lowest BCUT2D eigenvalue weighted by Gasteiger charge is -2.04. The molecule has 1 aromatic heterocycles. The summed E-state index contributed by atoms with van der Waals surface area (Å²) < 4.78 is 19.7. The smallest absolute Gasteiger partial charge is 0.385 e. The summed E-state index contributed by atoms with van der Waals surface area (Å²) in [6, 6.07) is 1.46. The highest BCUT2D eigenvalue weighted by Gasteiger charge is 2.10. The van der Waals surface area contributed by atoms with Crippen LogP contribution >= 0.6 is 7.67 Å². The van der Waals surface area contributed by atoms with Gasteiger partial charge in [0.15, 0.2) is 5.75 Å². The van der Waals surface area contributed by atoms with E-state index in [2.05, 4.69) is 8.94 Å². The van der Waals surface area contributed by atoms with Crippen molar-refractivity contribution in [3.8, 4) is 5.75 Å². The van der Waals surface area contributed by atoms with Crippen LogP contribution in [0.1, 0.15) is 0 Å². The second kappa shape index (κ2) is 2.46. The first-order valence-electron chi connectivity index (χ1n) is 2.47. The molecule has 1 rings (SSSR count). The second-order valence-corrected chi connectivity index (χ2v) is 3.17. The third-order valence-corrected chi connectivity index (χ3v) is 1.24. The number of furan rings is 1. The molecule has 0 saturated carbocycles. The third kappa shape index (κ3) is 2.23. The van der Waals surface area contributed by atoms with Crippen LogP contribution < -0.4 is 15.5 Å². The fraction of sp³-hybridized carbons (Fsp3) is 0. The van der Waals surface area contributed by atoms with E-state index < -0.39 is 7.67 Å². The maximum atomic E-state index is 10.6. The van der Waals surface area contributed by atoms with Crippen LogP contribution in [0.2, 0.25) is 0 Å². The van der Waals surface area contributed by atoms with Crippen molar-refractivity contribution in [3.05, 3.63) is 18.6 Å². The van der Waals surface area contributed by atoms with Gasteiger partial charge >= 0.3 is 7.67 Å². The summed E-state index contributed by atoms with van der Waals surface area (Å²) in [6.45, 7) is 0. The van der Waals surface area contributed by atoms with Gasteiger partial charge < -0.3 is 8.94 Å². The Balaban J connectivity index is 2.66. The van der Waals surface area contributed by atoms with E-state index in [4.69, 9.17) is 11.0 Å². The molecule has 0 aliphatic rings. The van der Waals surface area contributed by atoms with Gasteiger partial charge in [-0.1, -0.05) is 0 Å². The lowest BCUT2D eigenvalue weighted by molar-refractivity contribution is 0.475. The second-order valence-electron chi connectivity index (χ2n) is 1.70. The highest BCUT2D eigenvalue weighted by Crippen LogP contribution is 2.29. The molecule has 0 fully saturated rings. The zero-order chi connectivity index (χ0) is 7.61. The average Bonchev–Trinajstić information content (AvgIpc) is 2.12. The Labute approximate surface area is 57.5 Å². The molecule has 0 aliphatic carbocycles. The van der Waals surface area contributed by atoms with E-state index in [1.807, 2.05) is 0 Å². The predicted molar refractivity (Wildman–Crippen MR) is 35.3 cm³/mol. The molecule has 1 heterocycles. The predicted octanol–water partition coefficient (Wildman–Crippen LogP) is 0.684. The van der Waals surface area contributed by atoms with Crippen LogP contribution in [0.15, 0.2) is 23.0 Å². The topological polar surface area (TPSA) is 91.5 Å². The van der Waals surface area contributed by atoms with Crippen LogP contribution in [-0.4, -0.2) is 0 Å². The molecule has 0 unspecified atom stereocenters. The van der Waals surface area contributed by atoms with Gasteiger partial charge in [-0.3, -0.25) is 0 Å². The minimum atomic E-state index is -3.41. The number of nitrogens with two attached hydrogens (primary N) is 2. The van der Waals surface area contributed by atoms with Crippen LogP contribution in [-0.2, 0) is 4.57 Å². The lowest BCUT2D eigenvalue weighted by atomic mass is 10.6. The van der Waals surface area contributed by atoms with Crippen LogP contribution in [0.5, 0.6) is 5.75 Å². The lowest BCUT2D eigenvalue weighted by Crippen LogP contribution is -2.10. The van der Waals surface area contributed by atoms with Crippen molar-refractivity contribution in [3.63, 3.8) is 0 Å². The molecule has 0 aromatic carbocycles. The highest BCUT2D eigenvalue weighted by atomic mass is 31.2. The Kier molecular flexibility index (Phi) is 1.80. The standard InChI is InChI=1S/C4H7N2O3P/c5-10(6,7)9-4-1-2-8-3-4/h1-3H,(H4,5,6,7). The van der Waals surface area contributed by atoms with Gasteiger partial charge in [-0.2, -0.15) is 0 Å². The molecule has 0 bridgehead atoms. The molecule has 4 N–H and O–H groups in total. The molecule has 0 saturated heterocycles. The maximum absolute atomic E-state index is 10.6. The number of rotatable bonds is 2. The summed E-state index contributed by atoms with van der Waals surface area (Å²) in [7, 11) is -3.41. The van der Waals surface area contributed by atoms with Gasteiger partial charge in [-0.25, -0.2) is 15.6 Å². The normalized spacial score (nSPS) is 11.4. The van der Waals surface area contributed by atoms with Crippen LogP contribution in [0.25, 0.3) is 0 Å². The van der Waals surface area contributed by atoms with E-state index >= 15 is 0 Å². The van der Waals surface area contributed by atoms with E-state index in [1.54, 1.807) is 0 Å². The summed E-state index contributed by atoms with van der Waals surface area (Å²) in [5.41, 5.74) is 9.79. The van der Waals surface area contributed by atoms with Crippen molar-refractivity contribution in [2.45, 2.75) is 0 Å². The quantitative estimate of drug-likeness (QED) is 0.624. The minimum absolute atomic E-state index is 0.272. The first kappa shape index (κ1) is 7.34. The third-order valence-electron chi connectivity index (χ3n) is 0.743. The van der Waals surface area contributed by atoms with Gasteiger partial charge in [-0.15, -0.1) is 0 Å². The Morgan fingerprint density at radius 3 is 2.70 bits per heavy atom. The zero-order valence-electron chi connectivity index (χ0n) is 5.06. The summed E-state index contributed by atoms with van der Waals surface area (Å²) in [6.07, 6.45) is 2.62. The maximum Gasteiger partial charge on any atom is 0.385 e. The largest absolute Gasteiger partial charge is 0.469 e. The Morgan fingerprint density at radius 1 is 1.60 bits per heavy atom. The van der Waals surface area contributed by atoms with Gasteiger partial charge in [0.25, 0.3) is 0 Å². The van der Waals surface area contributed by atoms with Gasteiger partial charge in [-0.05, 0) is 0 Å². The number of hydrogen-bond acceptors (Lipinski definition) is 3. The average molecular weight is 162 g/mol. The molecular weight excluding hydrogens is 155 g/mol. The summed E-state index contributed by atoms with van der Waals surface area (Å²) >= 11 is 0. The van der Waals surface area contributed by atoms with Gasteiger partial charge in [0.05, 0.1) is 6.26 Å². The van der Waals surface area contributed by atoms with Gasteiger partial charge in [0, 0.05) is 6.07 Å². The van der Waals surface area contributed by atoms with Gasteiger partial charge in [0.1, 0.15) is 6.26 Å². The van der Waals surface area contributed by atoms with Crippen LogP contribution in [0.3, 0.4) is 0 Å². The van der Waals surface area contributed by atoms with Crippen molar-refractivity contribution in [2.75, 3.05) is 0 Å². The van der Waals surface area contributed by atoms with Crippen molar-refractivity contribution in [1.29, 1.82) is 0 Å². The van der Waals surface area contributed by atoms with Gasteiger partial charge in [0.2, 0.25) is 0 Å². The van der Waals surface area contributed by atoms with E-state index in [0.29, 0.717) is 0 Å². The molecule has 0 amide bonds. The molecule has 56 valence electrons. The molecule has 0 atom stereocenters. The Morgan fingerprint density at radius 2 is 2.30 bits per heavy atom. The minimum Gasteiger partial charge on any atom is -0.469 e. The molecule has 10 heavy (non-hydrogen) atoms. The van der Waals surface area contributed by atoms with Crippen molar-refractivity contribution >= 4 is 7.67 Å². The molecular formula is C4H7N2O3P. The SMILES string of the molecule is NP(N)(=O)Oc1ccoc1. The van der Waals surface area contributed by atoms with E-state index in [-0.39, 0.29) is 5.75 Å². The highest BCUT2D eigenvalue weighted by molar-refractivity contribution is 7.54. The summed E-state index contributed by atoms with van der Waals surface area (Å²) in [5, 5.41) is 0. The monoisotopic (exact) mass is 162 g/mol. The Bertz CT molecular complexity index is 239. The summed E-state index contributed by atoms with van der Waals surface area (Å²) in [4.78, 5) is 0. The van der Waals surface area contributed by atoms with Crippen molar-refractivity contribution in [2.24, 2.45) is 11.0 Å². The van der Waals surface area contributed by atoms with Crippen molar-refractivity contribution in [1.82, 2.24) is 0 Å². The van der Waals surface area contributed by atoms with E-state index in [9.17, 15) is 4.57 Å². The van der Waals surface area contributed by atoms with E-state index in [0.717, 1.165) is 0 Å². The fourth-order valence-corrected chi connectivity index (χ4v) is 0.902. The van der Waals surface area contributed by atoms with Crippen LogP contribution in [0, 0.1) is 0 Å². The first-order chi connectivity index (χ1) is 4.58. The molecule has 0 aliphatic heterocycles. The molecule has 0 radical (unpaired) electrons. The number of hydrogen-bond donors (Lipinski definition) is 2. The van der Waals surface area contributed by atoms with E-state index in [1.165, 1.54) is 18.6 Å². The molecule has 0 spiro atoms. The molecule has 1 aromatic rings. The van der Waals surface area contributed by atoms with Crippen LogP contribution in [0.4, 0.5) is 0 Å². The first-order valence-corrected chi connectivity index (χ1v) is 4.23. The molecule has 6 heteroatoms. The summed E-state index contributed by atoms with van der Waals surface area (Å²) in [5.74, 6) is 0.272. The fourth-order valence-electron chi connectivity index (χ4n) is 0.469. The molecule has 5 nitrogen and oxygen atoms in total. The zero-order valence-corrected chi connectivity index (χ0v) is 5.95. The Hall–Kier alpha value is -0.770. The van der Waals surface area contributed by atoms with Crippen molar-refractivity contribution < 1.29 is 13.5 Å².